The molecule has 0 aromatic heterocycles. The molecule has 4 rings (SSSR count). The number of rotatable bonds is 2. The monoisotopic (exact) mass is 424 g/mol. The molecule has 4 fully saturated rings. The fourth-order valence-electron chi connectivity index (χ4n) is 7.87. The maximum absolute atomic E-state index is 13.5. The molecule has 4 saturated carbocycles. The minimum absolute atomic E-state index is 0.0427. The molecule has 146 valence electrons. The van der Waals surface area contributed by atoms with Crippen LogP contribution in [-0.4, -0.2) is 27.6 Å². The van der Waals surface area contributed by atoms with Crippen LogP contribution in [0, 0.1) is 40.4 Å². The topological polar surface area (TPSA) is 54.4 Å². The summed E-state index contributed by atoms with van der Waals surface area (Å²) in [7, 11) is 0. The van der Waals surface area contributed by atoms with Crippen molar-refractivity contribution >= 4 is 27.5 Å². The van der Waals surface area contributed by atoms with E-state index in [1.807, 2.05) is 6.92 Å². The van der Waals surface area contributed by atoms with Gasteiger partial charge in [-0.25, -0.2) is 0 Å². The molecule has 8 atom stereocenters. The van der Waals surface area contributed by atoms with Crippen molar-refractivity contribution in [3.8, 4) is 0 Å². The molecule has 0 aromatic carbocycles. The van der Waals surface area contributed by atoms with Gasteiger partial charge in [0.15, 0.2) is 0 Å². The Morgan fingerprint density at radius 3 is 2.54 bits per heavy atom. The molecule has 0 aromatic rings. The molecule has 0 spiro atoms. The zero-order chi connectivity index (χ0) is 18.9. The Morgan fingerprint density at radius 2 is 1.85 bits per heavy atom. The van der Waals surface area contributed by atoms with Crippen molar-refractivity contribution in [3.05, 3.63) is 0 Å². The van der Waals surface area contributed by atoms with Gasteiger partial charge in [0.05, 0.1) is 10.9 Å². The lowest BCUT2D eigenvalue weighted by Crippen LogP contribution is -2.59. The van der Waals surface area contributed by atoms with E-state index < -0.39 is 5.60 Å². The number of hydrogen-bond acceptors (Lipinski definition) is 3. The van der Waals surface area contributed by atoms with Crippen molar-refractivity contribution in [1.29, 1.82) is 0 Å². The molecule has 0 heterocycles. The lowest BCUT2D eigenvalue weighted by atomic mass is 9.43. The molecule has 0 amide bonds. The number of ketones is 2. The Labute approximate surface area is 165 Å². The van der Waals surface area contributed by atoms with E-state index in [1.165, 1.54) is 0 Å². The van der Waals surface area contributed by atoms with Gasteiger partial charge in [0, 0.05) is 18.3 Å². The van der Waals surface area contributed by atoms with Gasteiger partial charge in [-0.05, 0) is 80.5 Å². The first kappa shape index (κ1) is 19.1. The molecule has 0 radical (unpaired) electrons. The predicted octanol–water partition coefficient (Wildman–Crippen LogP) is 4.54. The van der Waals surface area contributed by atoms with Crippen molar-refractivity contribution in [2.45, 2.75) is 77.7 Å². The molecular formula is C22H33BrO3. The summed E-state index contributed by atoms with van der Waals surface area (Å²) >= 11 is 3.36. The van der Waals surface area contributed by atoms with E-state index >= 15 is 0 Å². The van der Waals surface area contributed by atoms with Crippen LogP contribution < -0.4 is 0 Å². The molecule has 1 N–H and O–H groups in total. The second-order valence-electron chi connectivity index (χ2n) is 10.6. The number of halogens is 1. The van der Waals surface area contributed by atoms with E-state index in [0.29, 0.717) is 35.3 Å². The zero-order valence-electron chi connectivity index (χ0n) is 16.4. The van der Waals surface area contributed by atoms with Crippen LogP contribution in [-0.2, 0) is 9.59 Å². The number of carbonyl (C=O) groups is 2. The maximum Gasteiger partial charge on any atom is 0.147 e. The minimum Gasteiger partial charge on any atom is -0.390 e. The van der Waals surface area contributed by atoms with Crippen LogP contribution in [0.15, 0.2) is 0 Å². The van der Waals surface area contributed by atoms with Crippen LogP contribution in [0.5, 0.6) is 0 Å². The molecule has 0 saturated heterocycles. The smallest absolute Gasteiger partial charge is 0.147 e. The van der Waals surface area contributed by atoms with Gasteiger partial charge in [0.2, 0.25) is 0 Å². The number of Topliss-reactive ketones (excluding diaryl/α,β-unsaturated/α-hetero) is 2. The van der Waals surface area contributed by atoms with Crippen molar-refractivity contribution in [1.82, 2.24) is 0 Å². The highest BCUT2D eigenvalue weighted by Crippen LogP contribution is 2.67. The third-order valence-corrected chi connectivity index (χ3v) is 9.71. The number of fused-ring (bicyclic) bond motifs is 5. The van der Waals surface area contributed by atoms with Gasteiger partial charge in [-0.15, -0.1) is 0 Å². The third kappa shape index (κ3) is 2.61. The molecular weight excluding hydrogens is 392 g/mol. The predicted molar refractivity (Wildman–Crippen MR) is 105 cm³/mol. The van der Waals surface area contributed by atoms with Gasteiger partial charge < -0.3 is 5.11 Å². The Hall–Kier alpha value is -0.220. The highest BCUT2D eigenvalue weighted by Gasteiger charge is 2.64. The lowest BCUT2D eigenvalue weighted by molar-refractivity contribution is -0.168. The standard InChI is InChI=1S/C22H33BrO3/c1-20(26)8-9-21(2)13(10-20)4-5-14-15-6-7-16(18(25)12-23)22(15,3)11-17(24)19(14)21/h13-16,19,26H,4-12H2,1-3H3/t13-,14?,15-,16+,19+,20+,21-,22-/m0/s1. The Morgan fingerprint density at radius 1 is 1.12 bits per heavy atom. The SMILES string of the molecule is C[C@@]1(O)CC[C@@]2(C)[C@@H](CCC3[C@@H]4CC[C@H](C(=O)CBr)[C@@]4(C)CC(=O)[C@@H]32)C1. The molecule has 0 aliphatic heterocycles. The minimum atomic E-state index is -0.565. The normalized spacial score (nSPS) is 53.6. The molecule has 3 nitrogen and oxygen atoms in total. The number of carbonyl (C=O) groups excluding carboxylic acids is 2. The summed E-state index contributed by atoms with van der Waals surface area (Å²) in [6.07, 6.45) is 7.48. The Kier molecular flexibility index (Phi) is 4.51. The van der Waals surface area contributed by atoms with Crippen LogP contribution in [0.2, 0.25) is 0 Å². The lowest BCUT2D eigenvalue weighted by Gasteiger charge is -2.60. The first-order chi connectivity index (χ1) is 12.1. The van der Waals surface area contributed by atoms with E-state index in [1.54, 1.807) is 0 Å². The number of aliphatic hydroxyl groups is 1. The molecule has 4 aliphatic rings. The fourth-order valence-corrected chi connectivity index (χ4v) is 8.26. The van der Waals surface area contributed by atoms with Gasteiger partial charge in [0.25, 0.3) is 0 Å². The van der Waals surface area contributed by atoms with Crippen LogP contribution in [0.25, 0.3) is 0 Å². The molecule has 0 bridgehead atoms. The summed E-state index contributed by atoms with van der Waals surface area (Å²) in [6, 6.07) is 0. The summed E-state index contributed by atoms with van der Waals surface area (Å²) in [5.41, 5.74) is -0.655. The molecule has 4 aliphatic carbocycles. The summed E-state index contributed by atoms with van der Waals surface area (Å²) < 4.78 is 0. The first-order valence-corrected chi connectivity index (χ1v) is 11.6. The summed E-state index contributed by atoms with van der Waals surface area (Å²) in [6.45, 7) is 6.52. The number of alkyl halides is 1. The summed E-state index contributed by atoms with van der Waals surface area (Å²) in [5.74, 6) is 2.31. The molecule has 26 heavy (non-hydrogen) atoms. The third-order valence-electron chi connectivity index (χ3n) is 9.16. The van der Waals surface area contributed by atoms with Crippen LogP contribution >= 0.6 is 15.9 Å². The largest absolute Gasteiger partial charge is 0.390 e. The Bertz CT molecular complexity index is 629. The summed E-state index contributed by atoms with van der Waals surface area (Å²) in [5, 5.41) is 11.0. The molecule has 4 heteroatoms. The van der Waals surface area contributed by atoms with Gasteiger partial charge >= 0.3 is 0 Å². The second-order valence-corrected chi connectivity index (χ2v) is 11.2. The first-order valence-electron chi connectivity index (χ1n) is 10.5. The van der Waals surface area contributed by atoms with Crippen molar-refractivity contribution in [2.24, 2.45) is 40.4 Å². The van der Waals surface area contributed by atoms with E-state index in [2.05, 4.69) is 29.8 Å². The van der Waals surface area contributed by atoms with Crippen LogP contribution in [0.3, 0.4) is 0 Å². The Balaban J connectivity index is 1.66. The zero-order valence-corrected chi connectivity index (χ0v) is 18.0. The van der Waals surface area contributed by atoms with Gasteiger partial charge in [-0.1, -0.05) is 29.8 Å². The fraction of sp³-hybridized carbons (Fsp3) is 0.909. The van der Waals surface area contributed by atoms with E-state index in [-0.39, 0.29) is 28.4 Å². The van der Waals surface area contributed by atoms with E-state index in [4.69, 9.17) is 0 Å². The highest BCUT2D eigenvalue weighted by molar-refractivity contribution is 9.09. The highest BCUT2D eigenvalue weighted by atomic mass is 79.9. The van der Waals surface area contributed by atoms with Crippen molar-refractivity contribution in [2.75, 3.05) is 5.33 Å². The average Bonchev–Trinajstić information content (AvgIpc) is 2.91. The van der Waals surface area contributed by atoms with Crippen LogP contribution in [0.4, 0.5) is 0 Å². The second kappa shape index (κ2) is 6.14. The van der Waals surface area contributed by atoms with Crippen molar-refractivity contribution in [3.63, 3.8) is 0 Å². The van der Waals surface area contributed by atoms with Gasteiger partial charge in [-0.2, -0.15) is 0 Å². The average molecular weight is 425 g/mol. The van der Waals surface area contributed by atoms with Gasteiger partial charge in [0.1, 0.15) is 11.6 Å². The molecule has 1 unspecified atom stereocenters. The van der Waals surface area contributed by atoms with Crippen LogP contribution in [0.1, 0.15) is 72.1 Å². The van der Waals surface area contributed by atoms with Crippen molar-refractivity contribution < 1.29 is 14.7 Å². The summed E-state index contributed by atoms with van der Waals surface area (Å²) in [4.78, 5) is 26.0. The van der Waals surface area contributed by atoms with E-state index in [0.717, 1.165) is 44.9 Å². The maximum atomic E-state index is 13.5. The quantitative estimate of drug-likeness (QED) is 0.661. The number of hydrogen-bond donors (Lipinski definition) is 1. The van der Waals surface area contributed by atoms with E-state index in [9.17, 15) is 14.7 Å². The van der Waals surface area contributed by atoms with Gasteiger partial charge in [-0.3, -0.25) is 9.59 Å².